The first kappa shape index (κ1) is 14.4. The summed E-state index contributed by atoms with van der Waals surface area (Å²) in [5.41, 5.74) is 7.91. The number of nitrogens with two attached hydrogens (primary N) is 1. The van der Waals surface area contributed by atoms with E-state index >= 15 is 0 Å². The van der Waals surface area contributed by atoms with Crippen LogP contribution in [0.2, 0.25) is 0 Å². The fraction of sp³-hybridized carbons (Fsp3) is 0.333. The van der Waals surface area contributed by atoms with Gasteiger partial charge in [0.1, 0.15) is 0 Å². The maximum Gasteiger partial charge on any atom is 0.315 e. The van der Waals surface area contributed by atoms with Crippen molar-refractivity contribution < 1.29 is 14.3 Å². The molecule has 0 heterocycles. The number of carbonyl (C=O) groups is 2. The maximum absolute atomic E-state index is 11.6. The summed E-state index contributed by atoms with van der Waals surface area (Å²) in [4.78, 5) is 22.5. The van der Waals surface area contributed by atoms with Crippen LogP contribution in [0.1, 0.15) is 5.56 Å². The van der Waals surface area contributed by atoms with Crippen LogP contribution >= 0.6 is 11.8 Å². The number of hydrogen-bond donors (Lipinski definition) is 2. The van der Waals surface area contributed by atoms with Gasteiger partial charge in [-0.1, -0.05) is 0 Å². The van der Waals surface area contributed by atoms with Crippen molar-refractivity contribution in [1.82, 2.24) is 0 Å². The number of ether oxygens (including phenoxy) is 1. The summed E-state index contributed by atoms with van der Waals surface area (Å²) in [6.45, 7) is 1.87. The first-order valence-corrected chi connectivity index (χ1v) is 6.49. The number of methoxy groups -OCH3 is 1. The van der Waals surface area contributed by atoms with Crippen molar-refractivity contribution in [2.24, 2.45) is 0 Å². The SMILES string of the molecule is COC(=O)CSCC(=O)Nc1ccc(N)cc1C. The number of aryl methyl sites for hydroxylation is 1. The van der Waals surface area contributed by atoms with E-state index in [4.69, 9.17) is 5.73 Å². The summed E-state index contributed by atoms with van der Waals surface area (Å²) in [5.74, 6) is -0.114. The summed E-state index contributed by atoms with van der Waals surface area (Å²) in [6, 6.07) is 5.27. The van der Waals surface area contributed by atoms with Crippen LogP contribution in [0.15, 0.2) is 18.2 Å². The number of rotatable bonds is 5. The van der Waals surface area contributed by atoms with Crippen LogP contribution in [-0.4, -0.2) is 30.5 Å². The second-order valence-electron chi connectivity index (χ2n) is 3.69. The summed E-state index contributed by atoms with van der Waals surface area (Å²) in [6.07, 6.45) is 0. The Kier molecular flexibility index (Phi) is 5.51. The molecule has 98 valence electrons. The van der Waals surface area contributed by atoms with Crippen molar-refractivity contribution in [3.05, 3.63) is 23.8 Å². The van der Waals surface area contributed by atoms with Gasteiger partial charge in [-0.25, -0.2) is 0 Å². The van der Waals surface area contributed by atoms with Gasteiger partial charge < -0.3 is 15.8 Å². The van der Waals surface area contributed by atoms with E-state index in [1.165, 1.54) is 18.9 Å². The minimum Gasteiger partial charge on any atom is -0.468 e. The molecule has 5 nitrogen and oxygen atoms in total. The van der Waals surface area contributed by atoms with E-state index < -0.39 is 0 Å². The molecule has 0 spiro atoms. The molecule has 18 heavy (non-hydrogen) atoms. The topological polar surface area (TPSA) is 81.4 Å². The third-order valence-corrected chi connectivity index (χ3v) is 3.11. The molecular formula is C12H16N2O3S. The summed E-state index contributed by atoms with van der Waals surface area (Å²) < 4.78 is 4.48. The molecule has 0 saturated carbocycles. The predicted octanol–water partition coefficient (Wildman–Crippen LogP) is 1.42. The van der Waals surface area contributed by atoms with Gasteiger partial charge in [-0.2, -0.15) is 0 Å². The molecule has 0 unspecified atom stereocenters. The molecule has 6 heteroatoms. The lowest BCUT2D eigenvalue weighted by Gasteiger charge is -2.08. The van der Waals surface area contributed by atoms with Crippen molar-refractivity contribution in [1.29, 1.82) is 0 Å². The number of esters is 1. The largest absolute Gasteiger partial charge is 0.468 e. The van der Waals surface area contributed by atoms with E-state index in [1.54, 1.807) is 18.2 Å². The number of amides is 1. The molecule has 0 fully saturated rings. The average Bonchev–Trinajstić information content (AvgIpc) is 2.32. The van der Waals surface area contributed by atoms with Crippen molar-refractivity contribution >= 4 is 35.0 Å². The molecule has 1 aromatic carbocycles. The van der Waals surface area contributed by atoms with Crippen molar-refractivity contribution in [3.63, 3.8) is 0 Å². The van der Waals surface area contributed by atoms with E-state index in [9.17, 15) is 9.59 Å². The third kappa shape index (κ3) is 4.67. The van der Waals surface area contributed by atoms with Crippen LogP contribution in [0.25, 0.3) is 0 Å². The number of benzene rings is 1. The van der Waals surface area contributed by atoms with E-state index in [-0.39, 0.29) is 23.4 Å². The van der Waals surface area contributed by atoms with Crippen LogP contribution in [0.3, 0.4) is 0 Å². The van der Waals surface area contributed by atoms with Crippen LogP contribution in [0, 0.1) is 6.92 Å². The Morgan fingerprint density at radius 3 is 2.72 bits per heavy atom. The second-order valence-corrected chi connectivity index (χ2v) is 4.68. The fourth-order valence-corrected chi connectivity index (χ4v) is 1.94. The molecular weight excluding hydrogens is 252 g/mol. The minimum atomic E-state index is -0.337. The first-order chi connectivity index (χ1) is 8.52. The lowest BCUT2D eigenvalue weighted by molar-refractivity contribution is -0.137. The van der Waals surface area contributed by atoms with Crippen molar-refractivity contribution in [2.75, 3.05) is 29.7 Å². The van der Waals surface area contributed by atoms with E-state index in [0.717, 1.165) is 11.3 Å². The van der Waals surface area contributed by atoms with Crippen LogP contribution in [-0.2, 0) is 14.3 Å². The average molecular weight is 268 g/mol. The van der Waals surface area contributed by atoms with Gasteiger partial charge in [0, 0.05) is 11.4 Å². The van der Waals surface area contributed by atoms with Crippen LogP contribution in [0.5, 0.6) is 0 Å². The maximum atomic E-state index is 11.6. The van der Waals surface area contributed by atoms with Gasteiger partial charge in [0.25, 0.3) is 0 Å². The Balaban J connectivity index is 2.42. The minimum absolute atomic E-state index is 0.156. The van der Waals surface area contributed by atoms with Crippen LogP contribution < -0.4 is 11.1 Å². The zero-order valence-electron chi connectivity index (χ0n) is 10.4. The van der Waals surface area contributed by atoms with Gasteiger partial charge in [-0.05, 0) is 30.7 Å². The quantitative estimate of drug-likeness (QED) is 0.623. The molecule has 0 aromatic heterocycles. The molecule has 0 radical (unpaired) electrons. The molecule has 1 rings (SSSR count). The smallest absolute Gasteiger partial charge is 0.315 e. The van der Waals surface area contributed by atoms with Gasteiger partial charge in [0.05, 0.1) is 18.6 Å². The standard InChI is InChI=1S/C12H16N2O3S/c1-8-5-9(13)3-4-10(8)14-11(15)6-18-7-12(16)17-2/h3-5H,6-7,13H2,1-2H3,(H,14,15). The summed E-state index contributed by atoms with van der Waals surface area (Å²) in [5, 5.41) is 2.76. The fourth-order valence-electron chi connectivity index (χ4n) is 1.30. The summed E-state index contributed by atoms with van der Waals surface area (Å²) in [7, 11) is 1.32. The molecule has 1 amide bonds. The first-order valence-electron chi connectivity index (χ1n) is 5.33. The Morgan fingerprint density at radius 2 is 2.11 bits per heavy atom. The zero-order valence-corrected chi connectivity index (χ0v) is 11.2. The Hall–Kier alpha value is -1.69. The molecule has 3 N–H and O–H groups in total. The van der Waals surface area contributed by atoms with Gasteiger partial charge >= 0.3 is 5.97 Å². The molecule has 1 aromatic rings. The summed E-state index contributed by atoms with van der Waals surface area (Å²) >= 11 is 1.21. The van der Waals surface area contributed by atoms with Crippen molar-refractivity contribution in [3.8, 4) is 0 Å². The Labute approximate surface area is 110 Å². The zero-order chi connectivity index (χ0) is 13.5. The normalized spacial score (nSPS) is 9.89. The lowest BCUT2D eigenvalue weighted by Crippen LogP contribution is -2.16. The number of nitrogens with one attached hydrogen (secondary N) is 1. The third-order valence-electron chi connectivity index (χ3n) is 2.21. The molecule has 0 aliphatic rings. The van der Waals surface area contributed by atoms with E-state index in [0.29, 0.717) is 5.69 Å². The number of hydrogen-bond acceptors (Lipinski definition) is 5. The molecule has 0 aliphatic heterocycles. The van der Waals surface area contributed by atoms with Gasteiger partial charge in [0.15, 0.2) is 0 Å². The van der Waals surface area contributed by atoms with Crippen molar-refractivity contribution in [2.45, 2.75) is 6.92 Å². The number of nitrogen functional groups attached to an aromatic ring is 1. The highest BCUT2D eigenvalue weighted by Crippen LogP contribution is 2.17. The highest BCUT2D eigenvalue weighted by atomic mass is 32.2. The monoisotopic (exact) mass is 268 g/mol. The molecule has 0 bridgehead atoms. The Morgan fingerprint density at radius 1 is 1.39 bits per heavy atom. The molecule has 0 saturated heterocycles. The predicted molar refractivity (Wildman–Crippen MR) is 73.6 cm³/mol. The van der Waals surface area contributed by atoms with Gasteiger partial charge in [-0.15, -0.1) is 11.8 Å². The Bertz CT molecular complexity index is 449. The van der Waals surface area contributed by atoms with Crippen LogP contribution in [0.4, 0.5) is 11.4 Å². The highest BCUT2D eigenvalue weighted by molar-refractivity contribution is 8.00. The van der Waals surface area contributed by atoms with E-state index in [1.807, 2.05) is 6.92 Å². The van der Waals surface area contributed by atoms with Gasteiger partial charge in [-0.3, -0.25) is 9.59 Å². The second kappa shape index (κ2) is 6.90. The van der Waals surface area contributed by atoms with E-state index in [2.05, 4.69) is 10.1 Å². The number of anilines is 2. The lowest BCUT2D eigenvalue weighted by atomic mass is 10.2. The number of carbonyl (C=O) groups excluding carboxylic acids is 2. The number of thioether (sulfide) groups is 1. The van der Waals surface area contributed by atoms with Gasteiger partial charge in [0.2, 0.25) is 5.91 Å². The highest BCUT2D eigenvalue weighted by Gasteiger charge is 2.07. The molecule has 0 aliphatic carbocycles. The molecule has 0 atom stereocenters.